The van der Waals surface area contributed by atoms with Gasteiger partial charge < -0.3 is 11.1 Å². The molecule has 25 heavy (non-hydrogen) atoms. The highest BCUT2D eigenvalue weighted by molar-refractivity contribution is 5.92. The molecule has 2 fully saturated rings. The van der Waals surface area contributed by atoms with E-state index in [4.69, 9.17) is 5.73 Å². The summed E-state index contributed by atoms with van der Waals surface area (Å²) in [7, 11) is 0. The Kier molecular flexibility index (Phi) is 4.29. The second kappa shape index (κ2) is 6.59. The molecule has 0 aliphatic heterocycles. The van der Waals surface area contributed by atoms with E-state index in [9.17, 15) is 4.79 Å². The third kappa shape index (κ3) is 3.31. The van der Waals surface area contributed by atoms with Gasteiger partial charge in [0.2, 0.25) is 0 Å². The maximum absolute atomic E-state index is 12.7. The van der Waals surface area contributed by atoms with Crippen LogP contribution >= 0.6 is 0 Å². The summed E-state index contributed by atoms with van der Waals surface area (Å²) in [6, 6.07) is 8.48. The lowest BCUT2D eigenvalue weighted by Gasteiger charge is -2.45. The average Bonchev–Trinajstić information content (AvgIpc) is 3.06. The summed E-state index contributed by atoms with van der Waals surface area (Å²) in [4.78, 5) is 12.7. The Balaban J connectivity index is 1.49. The molecule has 2 aliphatic carbocycles. The van der Waals surface area contributed by atoms with Gasteiger partial charge >= 0.3 is 0 Å². The molecule has 2 unspecified atom stereocenters. The Morgan fingerprint density at radius 3 is 2.76 bits per heavy atom. The first-order chi connectivity index (χ1) is 12.1. The van der Waals surface area contributed by atoms with Crippen molar-refractivity contribution in [1.29, 1.82) is 0 Å². The van der Waals surface area contributed by atoms with Gasteiger partial charge in [0, 0.05) is 12.1 Å². The van der Waals surface area contributed by atoms with Gasteiger partial charge in [0.25, 0.3) is 5.91 Å². The molecule has 2 aromatic rings. The molecule has 3 N–H and O–H groups in total. The topological polar surface area (TPSA) is 85.8 Å². The van der Waals surface area contributed by atoms with Crippen molar-refractivity contribution in [1.82, 2.24) is 20.3 Å². The summed E-state index contributed by atoms with van der Waals surface area (Å²) in [5, 5.41) is 11.4. The minimum absolute atomic E-state index is 0.128. The van der Waals surface area contributed by atoms with Gasteiger partial charge in [0.1, 0.15) is 0 Å². The van der Waals surface area contributed by atoms with Gasteiger partial charge in [-0.15, -0.1) is 5.10 Å². The summed E-state index contributed by atoms with van der Waals surface area (Å²) >= 11 is 0. The van der Waals surface area contributed by atoms with E-state index in [1.54, 1.807) is 10.9 Å². The summed E-state index contributed by atoms with van der Waals surface area (Å²) in [6.07, 6.45) is 7.29. The van der Waals surface area contributed by atoms with Gasteiger partial charge in [0.05, 0.1) is 11.9 Å². The molecule has 1 aromatic heterocycles. The van der Waals surface area contributed by atoms with Gasteiger partial charge in [-0.1, -0.05) is 23.8 Å². The third-order valence-electron chi connectivity index (χ3n) is 5.67. The van der Waals surface area contributed by atoms with E-state index >= 15 is 0 Å². The predicted molar refractivity (Wildman–Crippen MR) is 95.4 cm³/mol. The monoisotopic (exact) mass is 339 g/mol. The zero-order valence-electron chi connectivity index (χ0n) is 14.6. The van der Waals surface area contributed by atoms with Crippen LogP contribution in [0, 0.1) is 18.8 Å². The number of amides is 1. The minimum Gasteiger partial charge on any atom is -0.347 e. The van der Waals surface area contributed by atoms with Crippen molar-refractivity contribution in [2.45, 2.75) is 51.1 Å². The molecule has 6 nitrogen and oxygen atoms in total. The van der Waals surface area contributed by atoms with Crippen molar-refractivity contribution in [3.63, 3.8) is 0 Å². The second-order valence-corrected chi connectivity index (χ2v) is 7.57. The van der Waals surface area contributed by atoms with Crippen LogP contribution in [0.5, 0.6) is 0 Å². The quantitative estimate of drug-likeness (QED) is 0.898. The molecule has 2 atom stereocenters. The SMILES string of the molecule is Cc1cccc(-n2cc(C(=O)NC3C4CCCC3CC(N)C4)nn2)c1. The number of aryl methyl sites for hydroxylation is 1. The van der Waals surface area contributed by atoms with Gasteiger partial charge in [-0.2, -0.15) is 0 Å². The maximum Gasteiger partial charge on any atom is 0.273 e. The molecule has 132 valence electrons. The van der Waals surface area contributed by atoms with Crippen molar-refractivity contribution in [2.24, 2.45) is 17.6 Å². The standard InChI is InChI=1S/C19H25N5O/c1-12-4-2-7-16(8-12)24-11-17(22-23-24)19(25)21-18-13-5-3-6-14(18)10-15(20)9-13/h2,4,7-8,11,13-15,18H,3,5-6,9-10,20H2,1H3,(H,21,25). The summed E-state index contributed by atoms with van der Waals surface area (Å²) in [5.41, 5.74) is 8.59. The summed E-state index contributed by atoms with van der Waals surface area (Å²) < 4.78 is 1.65. The lowest BCUT2D eigenvalue weighted by Crippen LogP contribution is -2.53. The summed E-state index contributed by atoms with van der Waals surface area (Å²) in [5.74, 6) is 0.868. The first kappa shape index (κ1) is 16.3. The molecule has 1 amide bonds. The lowest BCUT2D eigenvalue weighted by molar-refractivity contribution is 0.0751. The number of nitrogens with two attached hydrogens (primary N) is 1. The predicted octanol–water partition coefficient (Wildman–Crippen LogP) is 2.21. The number of nitrogens with zero attached hydrogens (tertiary/aromatic N) is 3. The normalized spacial score (nSPS) is 28.6. The fourth-order valence-electron chi connectivity index (χ4n) is 4.51. The fourth-order valence-corrected chi connectivity index (χ4v) is 4.51. The molecule has 2 saturated carbocycles. The number of carbonyl (C=O) groups is 1. The maximum atomic E-state index is 12.7. The first-order valence-electron chi connectivity index (χ1n) is 9.16. The fraction of sp³-hybridized carbons (Fsp3) is 0.526. The highest BCUT2D eigenvalue weighted by Crippen LogP contribution is 2.39. The lowest BCUT2D eigenvalue weighted by atomic mass is 9.67. The third-order valence-corrected chi connectivity index (χ3v) is 5.67. The second-order valence-electron chi connectivity index (χ2n) is 7.57. The molecule has 0 spiro atoms. The zero-order chi connectivity index (χ0) is 17.4. The van der Waals surface area contributed by atoms with Crippen LogP contribution in [0.15, 0.2) is 30.5 Å². The Hall–Kier alpha value is -2.21. The van der Waals surface area contributed by atoms with Crippen LogP contribution in [-0.2, 0) is 0 Å². The largest absolute Gasteiger partial charge is 0.347 e. The van der Waals surface area contributed by atoms with Crippen molar-refractivity contribution in [3.05, 3.63) is 41.7 Å². The molecule has 2 bridgehead atoms. The molecule has 4 rings (SSSR count). The Labute approximate surface area is 147 Å². The van der Waals surface area contributed by atoms with Gasteiger partial charge in [-0.3, -0.25) is 4.79 Å². The van der Waals surface area contributed by atoms with Crippen LogP contribution < -0.4 is 11.1 Å². The van der Waals surface area contributed by atoms with E-state index in [1.165, 1.54) is 6.42 Å². The number of rotatable bonds is 3. The van der Waals surface area contributed by atoms with Crippen LogP contribution in [0.25, 0.3) is 5.69 Å². The van der Waals surface area contributed by atoms with Crippen LogP contribution in [0.1, 0.15) is 48.2 Å². The molecule has 0 saturated heterocycles. The first-order valence-corrected chi connectivity index (χ1v) is 9.16. The Bertz CT molecular complexity index is 757. The molecular weight excluding hydrogens is 314 g/mol. The van der Waals surface area contributed by atoms with Crippen LogP contribution in [-0.4, -0.2) is 33.0 Å². The number of carbonyl (C=O) groups excluding carboxylic acids is 1. The number of benzene rings is 1. The number of aromatic nitrogens is 3. The smallest absolute Gasteiger partial charge is 0.273 e. The van der Waals surface area contributed by atoms with Crippen molar-refractivity contribution in [2.75, 3.05) is 0 Å². The van der Waals surface area contributed by atoms with Crippen molar-refractivity contribution >= 4 is 5.91 Å². The summed E-state index contributed by atoms with van der Waals surface area (Å²) in [6.45, 7) is 2.03. The molecule has 2 aliphatic rings. The van der Waals surface area contributed by atoms with E-state index < -0.39 is 0 Å². The van der Waals surface area contributed by atoms with Crippen molar-refractivity contribution < 1.29 is 4.79 Å². The highest BCUT2D eigenvalue weighted by Gasteiger charge is 2.40. The number of nitrogens with one attached hydrogen (secondary N) is 1. The van der Waals surface area contributed by atoms with Crippen LogP contribution in [0.3, 0.4) is 0 Å². The Morgan fingerprint density at radius 2 is 2.04 bits per heavy atom. The Morgan fingerprint density at radius 1 is 1.28 bits per heavy atom. The molecule has 1 aromatic carbocycles. The van der Waals surface area contributed by atoms with Crippen LogP contribution in [0.2, 0.25) is 0 Å². The van der Waals surface area contributed by atoms with Gasteiger partial charge in [0.15, 0.2) is 5.69 Å². The van der Waals surface area contributed by atoms with Crippen molar-refractivity contribution in [3.8, 4) is 5.69 Å². The average molecular weight is 339 g/mol. The molecule has 0 radical (unpaired) electrons. The molecule has 6 heteroatoms. The van der Waals surface area contributed by atoms with E-state index in [0.29, 0.717) is 17.5 Å². The minimum atomic E-state index is -0.128. The number of hydrogen-bond donors (Lipinski definition) is 2. The number of hydrogen-bond acceptors (Lipinski definition) is 4. The van der Waals surface area contributed by atoms with E-state index in [-0.39, 0.29) is 18.0 Å². The van der Waals surface area contributed by atoms with E-state index in [1.807, 2.05) is 31.2 Å². The highest BCUT2D eigenvalue weighted by atomic mass is 16.2. The van der Waals surface area contributed by atoms with E-state index in [0.717, 1.165) is 36.9 Å². The van der Waals surface area contributed by atoms with Gasteiger partial charge in [-0.25, -0.2) is 4.68 Å². The van der Waals surface area contributed by atoms with E-state index in [2.05, 4.69) is 15.6 Å². The number of fused-ring (bicyclic) bond motifs is 2. The van der Waals surface area contributed by atoms with Gasteiger partial charge in [-0.05, 0) is 62.1 Å². The van der Waals surface area contributed by atoms with Crippen LogP contribution in [0.4, 0.5) is 0 Å². The zero-order valence-corrected chi connectivity index (χ0v) is 14.6. The molecular formula is C19H25N5O. The molecule has 1 heterocycles.